The Labute approximate surface area is 254 Å². The number of ether oxygens (including phenoxy) is 5. The SMILES string of the molecule is CCOC(=O)C(C)Oc1ccc(-c2nc(-c3ccc(OC)cc3)nc(-c3ccc(OC(C)C(=O)OCC)cc3O)n2)c(O)c1. The highest BCUT2D eigenvalue weighted by atomic mass is 16.6. The molecule has 12 heteroatoms. The number of aromatic hydroxyl groups is 2. The van der Waals surface area contributed by atoms with Crippen molar-refractivity contribution in [1.29, 1.82) is 0 Å². The lowest BCUT2D eigenvalue weighted by atomic mass is 10.1. The number of methoxy groups -OCH3 is 1. The van der Waals surface area contributed by atoms with E-state index in [1.54, 1.807) is 83.3 Å². The number of carbonyl (C=O) groups is 2. The topological polar surface area (TPSA) is 159 Å². The second-order valence-electron chi connectivity index (χ2n) is 9.42. The van der Waals surface area contributed by atoms with Crippen molar-refractivity contribution < 1.29 is 43.5 Å². The Bertz CT molecular complexity index is 1530. The van der Waals surface area contributed by atoms with Gasteiger partial charge >= 0.3 is 11.9 Å². The van der Waals surface area contributed by atoms with Crippen molar-refractivity contribution in [2.24, 2.45) is 0 Å². The van der Waals surface area contributed by atoms with Crippen molar-refractivity contribution in [2.75, 3.05) is 20.3 Å². The Balaban J connectivity index is 1.73. The van der Waals surface area contributed by atoms with Crippen LogP contribution in [0.2, 0.25) is 0 Å². The number of hydrogen-bond acceptors (Lipinski definition) is 12. The molecule has 0 radical (unpaired) electrons. The number of benzene rings is 3. The van der Waals surface area contributed by atoms with Gasteiger partial charge in [-0.05, 0) is 76.2 Å². The molecule has 4 aromatic rings. The van der Waals surface area contributed by atoms with Gasteiger partial charge in [0.1, 0.15) is 28.7 Å². The van der Waals surface area contributed by atoms with Gasteiger partial charge in [-0.25, -0.2) is 24.5 Å². The molecule has 12 nitrogen and oxygen atoms in total. The van der Waals surface area contributed by atoms with E-state index < -0.39 is 24.1 Å². The Morgan fingerprint density at radius 3 is 1.45 bits per heavy atom. The van der Waals surface area contributed by atoms with Gasteiger partial charge in [-0.3, -0.25) is 0 Å². The van der Waals surface area contributed by atoms with Crippen LogP contribution in [0.15, 0.2) is 60.7 Å². The molecule has 0 bridgehead atoms. The lowest BCUT2D eigenvalue weighted by Crippen LogP contribution is -2.26. The van der Waals surface area contributed by atoms with Gasteiger partial charge in [0.15, 0.2) is 29.7 Å². The predicted molar refractivity (Wildman–Crippen MR) is 159 cm³/mol. The highest BCUT2D eigenvalue weighted by Gasteiger charge is 2.21. The van der Waals surface area contributed by atoms with E-state index in [-0.39, 0.29) is 64.8 Å². The number of phenols is 2. The minimum Gasteiger partial charge on any atom is -0.507 e. The monoisotopic (exact) mass is 603 g/mol. The van der Waals surface area contributed by atoms with Crippen LogP contribution in [0.25, 0.3) is 34.2 Å². The number of esters is 2. The number of nitrogens with zero attached hydrogens (tertiary/aromatic N) is 3. The summed E-state index contributed by atoms with van der Waals surface area (Å²) in [4.78, 5) is 37.7. The molecule has 0 aliphatic rings. The summed E-state index contributed by atoms with van der Waals surface area (Å²) in [6.45, 7) is 6.91. The Morgan fingerprint density at radius 1 is 0.659 bits per heavy atom. The number of hydrogen-bond donors (Lipinski definition) is 2. The fraction of sp³-hybridized carbons (Fsp3) is 0.281. The van der Waals surface area contributed by atoms with Crippen LogP contribution in [-0.4, -0.2) is 69.6 Å². The highest BCUT2D eigenvalue weighted by Crippen LogP contribution is 2.36. The van der Waals surface area contributed by atoms with Crippen LogP contribution in [0.1, 0.15) is 27.7 Å². The van der Waals surface area contributed by atoms with Crippen LogP contribution in [0.5, 0.6) is 28.7 Å². The minimum atomic E-state index is -0.888. The molecule has 0 saturated carbocycles. The van der Waals surface area contributed by atoms with E-state index in [0.29, 0.717) is 11.3 Å². The number of phenolic OH excluding ortho intramolecular Hbond substituents is 2. The van der Waals surface area contributed by atoms with Crippen LogP contribution in [0, 0.1) is 0 Å². The van der Waals surface area contributed by atoms with Gasteiger partial charge in [-0.1, -0.05) is 0 Å². The standard InChI is InChI=1S/C32H33N3O9/c1-6-41-31(38)18(3)43-22-12-14-24(26(36)16-22)29-33-28(20-8-10-21(40-5)11-9-20)34-30(35-29)25-15-13-23(17-27(25)37)44-19(4)32(39)42-7-2/h8-19,36-37H,6-7H2,1-5H3. The third-order valence-electron chi connectivity index (χ3n) is 6.27. The number of carbonyl (C=O) groups excluding carboxylic acids is 2. The fourth-order valence-corrected chi connectivity index (χ4v) is 4.06. The zero-order valence-electron chi connectivity index (χ0n) is 24.9. The number of rotatable bonds is 12. The molecule has 0 spiro atoms. The van der Waals surface area contributed by atoms with Crippen molar-refractivity contribution in [1.82, 2.24) is 15.0 Å². The molecule has 1 aromatic heterocycles. The molecule has 1 heterocycles. The molecule has 2 N–H and O–H groups in total. The van der Waals surface area contributed by atoms with Crippen LogP contribution in [0.3, 0.4) is 0 Å². The first-order chi connectivity index (χ1) is 21.1. The first-order valence-corrected chi connectivity index (χ1v) is 13.9. The van der Waals surface area contributed by atoms with E-state index in [2.05, 4.69) is 15.0 Å². The lowest BCUT2D eigenvalue weighted by molar-refractivity contribution is -0.151. The average molecular weight is 604 g/mol. The second-order valence-corrected chi connectivity index (χ2v) is 9.42. The van der Waals surface area contributed by atoms with Crippen LogP contribution >= 0.6 is 0 Å². The van der Waals surface area contributed by atoms with Gasteiger partial charge in [-0.15, -0.1) is 0 Å². The van der Waals surface area contributed by atoms with E-state index >= 15 is 0 Å². The van der Waals surface area contributed by atoms with Crippen molar-refractivity contribution in [3.63, 3.8) is 0 Å². The molecule has 2 unspecified atom stereocenters. The van der Waals surface area contributed by atoms with Gasteiger partial charge < -0.3 is 33.9 Å². The Hall–Kier alpha value is -5.39. The molecule has 4 rings (SSSR count). The summed E-state index contributed by atoms with van der Waals surface area (Å²) in [5.41, 5.74) is 1.13. The van der Waals surface area contributed by atoms with Crippen LogP contribution in [0.4, 0.5) is 0 Å². The molecule has 0 amide bonds. The average Bonchev–Trinajstić information content (AvgIpc) is 3.01. The normalized spacial score (nSPS) is 12.1. The van der Waals surface area contributed by atoms with E-state index in [1.165, 1.54) is 12.1 Å². The maximum atomic E-state index is 12.0. The van der Waals surface area contributed by atoms with E-state index in [0.717, 1.165) is 0 Å². The molecular formula is C32H33N3O9. The zero-order chi connectivity index (χ0) is 31.8. The molecule has 3 aromatic carbocycles. The highest BCUT2D eigenvalue weighted by molar-refractivity contribution is 5.76. The third kappa shape index (κ3) is 7.51. The summed E-state index contributed by atoms with van der Waals surface area (Å²) >= 11 is 0. The molecule has 44 heavy (non-hydrogen) atoms. The predicted octanol–water partition coefficient (Wildman–Crippen LogP) is 4.95. The van der Waals surface area contributed by atoms with Gasteiger partial charge in [0, 0.05) is 17.7 Å². The molecule has 2 atom stereocenters. The lowest BCUT2D eigenvalue weighted by Gasteiger charge is -2.15. The van der Waals surface area contributed by atoms with Crippen LogP contribution in [-0.2, 0) is 19.1 Å². The third-order valence-corrected chi connectivity index (χ3v) is 6.27. The van der Waals surface area contributed by atoms with Gasteiger partial charge in [0.2, 0.25) is 0 Å². The zero-order valence-corrected chi connectivity index (χ0v) is 24.9. The first kappa shape index (κ1) is 31.5. The van der Waals surface area contributed by atoms with Gasteiger partial charge in [0.05, 0.1) is 31.5 Å². The van der Waals surface area contributed by atoms with Crippen LogP contribution < -0.4 is 14.2 Å². The second kappa shape index (κ2) is 14.2. The Kier molecular flexibility index (Phi) is 10.2. The molecule has 0 aliphatic heterocycles. The maximum Gasteiger partial charge on any atom is 0.347 e. The van der Waals surface area contributed by atoms with Gasteiger partial charge in [-0.2, -0.15) is 0 Å². The van der Waals surface area contributed by atoms with Crippen molar-refractivity contribution in [3.8, 4) is 62.9 Å². The first-order valence-electron chi connectivity index (χ1n) is 13.9. The Morgan fingerprint density at radius 2 is 1.07 bits per heavy atom. The summed E-state index contributed by atoms with van der Waals surface area (Å²) in [5.74, 6) is 0.108. The van der Waals surface area contributed by atoms with E-state index in [1.807, 2.05) is 0 Å². The fourth-order valence-electron chi connectivity index (χ4n) is 4.06. The van der Waals surface area contributed by atoms with Crippen molar-refractivity contribution in [3.05, 3.63) is 60.7 Å². The summed E-state index contributed by atoms with van der Waals surface area (Å²) in [6, 6.07) is 15.9. The quantitative estimate of drug-likeness (QED) is 0.210. The maximum absolute atomic E-state index is 12.0. The molecule has 0 fully saturated rings. The summed E-state index contributed by atoms with van der Waals surface area (Å²) in [7, 11) is 1.56. The molecular weight excluding hydrogens is 570 g/mol. The van der Waals surface area contributed by atoms with Gasteiger partial charge in [0.25, 0.3) is 0 Å². The van der Waals surface area contributed by atoms with E-state index in [9.17, 15) is 19.8 Å². The molecule has 230 valence electrons. The summed E-state index contributed by atoms with van der Waals surface area (Å²) in [6.07, 6.45) is -1.78. The molecule has 0 saturated heterocycles. The smallest absolute Gasteiger partial charge is 0.347 e. The summed E-state index contributed by atoms with van der Waals surface area (Å²) in [5, 5.41) is 21.9. The van der Waals surface area contributed by atoms with Crippen molar-refractivity contribution >= 4 is 11.9 Å². The summed E-state index contributed by atoms with van der Waals surface area (Å²) < 4.78 is 26.4. The largest absolute Gasteiger partial charge is 0.507 e. The van der Waals surface area contributed by atoms with Crippen molar-refractivity contribution in [2.45, 2.75) is 39.9 Å². The minimum absolute atomic E-state index is 0.110. The molecule has 0 aliphatic carbocycles. The number of aromatic nitrogens is 3. The van der Waals surface area contributed by atoms with E-state index in [4.69, 9.17) is 23.7 Å².